The summed E-state index contributed by atoms with van der Waals surface area (Å²) in [4.78, 5) is 0. The van der Waals surface area contributed by atoms with Gasteiger partial charge in [0.1, 0.15) is 0 Å². The predicted molar refractivity (Wildman–Crippen MR) is 136 cm³/mol. The van der Waals surface area contributed by atoms with Gasteiger partial charge in [-0.25, -0.2) is 0 Å². The summed E-state index contributed by atoms with van der Waals surface area (Å²) < 4.78 is 2.91. The van der Waals surface area contributed by atoms with Crippen LogP contribution < -0.4 is 8.92 Å². The molecule has 6 aromatic rings. The van der Waals surface area contributed by atoms with Crippen molar-refractivity contribution in [2.75, 3.05) is 0 Å². The number of hydrogen-bond donors (Lipinski definition) is 0. The van der Waals surface area contributed by atoms with Gasteiger partial charge in [-0.2, -0.15) is 0 Å². The van der Waals surface area contributed by atoms with E-state index in [-0.39, 0.29) is 15.0 Å². The zero-order valence-corrected chi connectivity index (χ0v) is 18.7. The Hall–Kier alpha value is -3.38. The van der Waals surface area contributed by atoms with Crippen molar-refractivity contribution < 1.29 is 0 Å². The second-order valence-electron chi connectivity index (χ2n) is 7.74. The normalized spacial score (nSPS) is 11.4. The van der Waals surface area contributed by atoms with Gasteiger partial charge >= 0.3 is 189 Å². The quantitative estimate of drug-likeness (QED) is 0.210. The SMILES string of the molecule is c1ccc(-c2c3ccccc3c([Se]c3cccc4ccccc34)c3ccccc23)cc1. The summed E-state index contributed by atoms with van der Waals surface area (Å²) >= 11 is 0.190. The fourth-order valence-electron chi connectivity index (χ4n) is 4.51. The van der Waals surface area contributed by atoms with Gasteiger partial charge in [0.05, 0.1) is 0 Å². The van der Waals surface area contributed by atoms with Crippen molar-refractivity contribution in [3.05, 3.63) is 121 Å². The molecule has 0 radical (unpaired) electrons. The number of benzene rings is 6. The van der Waals surface area contributed by atoms with Crippen molar-refractivity contribution in [3.8, 4) is 11.1 Å². The molecular weight excluding hydrogens is 439 g/mol. The predicted octanol–water partition coefficient (Wildman–Crippen LogP) is 6.47. The van der Waals surface area contributed by atoms with E-state index in [1.807, 2.05) is 0 Å². The second kappa shape index (κ2) is 7.70. The topological polar surface area (TPSA) is 0 Å². The Labute approximate surface area is 188 Å². The molecule has 0 bridgehead atoms. The third-order valence-electron chi connectivity index (χ3n) is 5.91. The van der Waals surface area contributed by atoms with Gasteiger partial charge in [-0.15, -0.1) is 0 Å². The van der Waals surface area contributed by atoms with Crippen molar-refractivity contribution >= 4 is 56.2 Å². The molecule has 0 aromatic heterocycles. The molecule has 1 heteroatoms. The van der Waals surface area contributed by atoms with Gasteiger partial charge in [-0.05, 0) is 0 Å². The number of fused-ring (bicyclic) bond motifs is 3. The van der Waals surface area contributed by atoms with Gasteiger partial charge in [0.2, 0.25) is 0 Å². The van der Waals surface area contributed by atoms with E-state index in [1.165, 1.54) is 52.4 Å². The molecule has 0 saturated heterocycles. The van der Waals surface area contributed by atoms with Crippen LogP contribution in [0.2, 0.25) is 0 Å². The second-order valence-corrected chi connectivity index (χ2v) is 9.95. The first kappa shape index (κ1) is 18.4. The molecule has 0 heterocycles. The molecule has 0 aliphatic heterocycles. The molecular formula is C30H20Se. The summed E-state index contributed by atoms with van der Waals surface area (Å²) in [5.41, 5.74) is 2.61. The third kappa shape index (κ3) is 3.15. The minimum absolute atomic E-state index is 0.190. The van der Waals surface area contributed by atoms with Gasteiger partial charge in [0.25, 0.3) is 0 Å². The molecule has 0 spiro atoms. The standard InChI is InChI=1S/C30H20Se/c1-2-12-22(13-3-1)29-24-16-6-8-18-26(24)30(27-19-9-7-17-25(27)29)31-28-20-10-14-21-11-4-5-15-23(21)28/h1-20H. The Morgan fingerprint density at radius 3 is 1.58 bits per heavy atom. The summed E-state index contributed by atoms with van der Waals surface area (Å²) in [6.45, 7) is 0. The molecule has 0 amide bonds. The first-order valence-electron chi connectivity index (χ1n) is 10.5. The van der Waals surface area contributed by atoms with E-state index >= 15 is 0 Å². The van der Waals surface area contributed by atoms with Crippen molar-refractivity contribution in [2.24, 2.45) is 0 Å². The van der Waals surface area contributed by atoms with E-state index in [1.54, 1.807) is 0 Å². The Morgan fingerprint density at radius 1 is 0.387 bits per heavy atom. The van der Waals surface area contributed by atoms with Gasteiger partial charge in [0.15, 0.2) is 0 Å². The van der Waals surface area contributed by atoms with Crippen molar-refractivity contribution in [2.45, 2.75) is 0 Å². The molecule has 6 aromatic carbocycles. The van der Waals surface area contributed by atoms with E-state index in [2.05, 4.69) is 121 Å². The average molecular weight is 459 g/mol. The van der Waals surface area contributed by atoms with Gasteiger partial charge in [-0.1, -0.05) is 0 Å². The number of hydrogen-bond acceptors (Lipinski definition) is 0. The molecule has 0 saturated carbocycles. The molecule has 0 aliphatic rings. The van der Waals surface area contributed by atoms with Crippen LogP contribution in [0.4, 0.5) is 0 Å². The summed E-state index contributed by atoms with van der Waals surface area (Å²) in [7, 11) is 0. The molecule has 0 nitrogen and oxygen atoms in total. The van der Waals surface area contributed by atoms with E-state index in [0.717, 1.165) is 0 Å². The van der Waals surface area contributed by atoms with Crippen LogP contribution in [0.3, 0.4) is 0 Å². The van der Waals surface area contributed by atoms with E-state index in [9.17, 15) is 0 Å². The van der Waals surface area contributed by atoms with Crippen molar-refractivity contribution in [1.82, 2.24) is 0 Å². The van der Waals surface area contributed by atoms with Crippen LogP contribution in [0.5, 0.6) is 0 Å². The zero-order chi connectivity index (χ0) is 20.6. The van der Waals surface area contributed by atoms with Crippen molar-refractivity contribution in [3.63, 3.8) is 0 Å². The van der Waals surface area contributed by atoms with Gasteiger partial charge in [0, 0.05) is 0 Å². The molecule has 0 atom stereocenters. The molecule has 0 unspecified atom stereocenters. The van der Waals surface area contributed by atoms with Gasteiger partial charge in [-0.3, -0.25) is 0 Å². The average Bonchev–Trinajstić information content (AvgIpc) is 2.85. The van der Waals surface area contributed by atoms with E-state index in [4.69, 9.17) is 0 Å². The van der Waals surface area contributed by atoms with Crippen molar-refractivity contribution in [1.29, 1.82) is 0 Å². The van der Waals surface area contributed by atoms with E-state index in [0.29, 0.717) is 0 Å². The Balaban J connectivity index is 1.69. The summed E-state index contributed by atoms with van der Waals surface area (Å²) in [5.74, 6) is 0. The van der Waals surface area contributed by atoms with Crippen LogP contribution in [-0.4, -0.2) is 15.0 Å². The van der Waals surface area contributed by atoms with Gasteiger partial charge < -0.3 is 0 Å². The fraction of sp³-hybridized carbons (Fsp3) is 0. The first-order chi connectivity index (χ1) is 15.4. The molecule has 6 rings (SSSR count). The molecule has 0 aliphatic carbocycles. The summed E-state index contributed by atoms with van der Waals surface area (Å²) in [5, 5.41) is 8.09. The van der Waals surface area contributed by atoms with E-state index < -0.39 is 0 Å². The fourth-order valence-corrected chi connectivity index (χ4v) is 7.11. The minimum atomic E-state index is 0.190. The summed E-state index contributed by atoms with van der Waals surface area (Å²) in [6.07, 6.45) is 0. The third-order valence-corrected chi connectivity index (χ3v) is 8.47. The zero-order valence-electron chi connectivity index (χ0n) is 17.0. The van der Waals surface area contributed by atoms with Crippen LogP contribution in [0, 0.1) is 0 Å². The maximum absolute atomic E-state index is 2.30. The summed E-state index contributed by atoms with van der Waals surface area (Å²) in [6, 6.07) is 44.1. The molecule has 31 heavy (non-hydrogen) atoms. The Bertz CT molecular complexity index is 1490. The molecule has 0 fully saturated rings. The number of rotatable bonds is 3. The van der Waals surface area contributed by atoms with Crippen LogP contribution in [-0.2, 0) is 0 Å². The molecule has 0 N–H and O–H groups in total. The van der Waals surface area contributed by atoms with Crippen LogP contribution in [0.1, 0.15) is 0 Å². The Morgan fingerprint density at radius 2 is 0.903 bits per heavy atom. The van der Waals surface area contributed by atoms with Crippen LogP contribution in [0.25, 0.3) is 43.4 Å². The first-order valence-corrected chi connectivity index (χ1v) is 12.3. The Kier molecular flexibility index (Phi) is 4.57. The van der Waals surface area contributed by atoms with Crippen LogP contribution >= 0.6 is 0 Å². The molecule has 146 valence electrons. The van der Waals surface area contributed by atoms with Crippen LogP contribution in [0.15, 0.2) is 121 Å². The maximum atomic E-state index is 2.30. The monoisotopic (exact) mass is 460 g/mol.